The first-order chi connectivity index (χ1) is 17.4. The van der Waals surface area contributed by atoms with E-state index in [2.05, 4.69) is 20.4 Å². The lowest BCUT2D eigenvalue weighted by molar-refractivity contribution is 0.0624. The second-order valence-electron chi connectivity index (χ2n) is 9.40. The highest BCUT2D eigenvalue weighted by atomic mass is 32.2. The van der Waals surface area contributed by atoms with Gasteiger partial charge in [-0.05, 0) is 66.6 Å². The molecule has 11 heteroatoms. The van der Waals surface area contributed by atoms with Crippen molar-refractivity contribution < 1.29 is 13.2 Å². The van der Waals surface area contributed by atoms with E-state index in [0.717, 1.165) is 30.8 Å². The number of amides is 1. The number of tetrazole rings is 1. The van der Waals surface area contributed by atoms with E-state index in [-0.39, 0.29) is 10.8 Å². The molecule has 0 bridgehead atoms. The second-order valence-corrected chi connectivity index (χ2v) is 11.3. The molecule has 2 aliphatic rings. The van der Waals surface area contributed by atoms with E-state index >= 15 is 0 Å². The number of aryl methyl sites for hydroxylation is 1. The fourth-order valence-corrected chi connectivity index (χ4v) is 6.22. The highest BCUT2D eigenvalue weighted by Crippen LogP contribution is 2.21. The smallest absolute Gasteiger partial charge is 0.253 e. The lowest BCUT2D eigenvalue weighted by Crippen LogP contribution is -2.48. The molecule has 3 heterocycles. The Balaban J connectivity index is 1.18. The Morgan fingerprint density at radius 1 is 0.861 bits per heavy atom. The molecule has 1 amide bonds. The molecule has 0 radical (unpaired) electrons. The fourth-order valence-electron chi connectivity index (χ4n) is 4.71. The number of hydrogen-bond donors (Lipinski definition) is 0. The molecule has 3 aromatic rings. The number of carbonyl (C=O) groups excluding carboxylic acids is 1. The molecule has 0 spiro atoms. The maximum Gasteiger partial charge on any atom is 0.253 e. The Bertz CT molecular complexity index is 1290. The summed E-state index contributed by atoms with van der Waals surface area (Å²) in [6, 6.07) is 14.4. The first-order valence-electron chi connectivity index (χ1n) is 12.4. The van der Waals surface area contributed by atoms with Crippen molar-refractivity contribution in [1.82, 2.24) is 34.3 Å². The average molecular weight is 510 g/mol. The molecule has 5 rings (SSSR count). The lowest BCUT2D eigenvalue weighted by Gasteiger charge is -2.34. The van der Waals surface area contributed by atoms with Gasteiger partial charge in [-0.3, -0.25) is 9.69 Å². The summed E-state index contributed by atoms with van der Waals surface area (Å²) < 4.78 is 29.0. The largest absolute Gasteiger partial charge is 0.336 e. The van der Waals surface area contributed by atoms with Crippen LogP contribution in [0.25, 0.3) is 5.69 Å². The van der Waals surface area contributed by atoms with Crippen molar-refractivity contribution in [3.05, 3.63) is 65.5 Å². The van der Waals surface area contributed by atoms with Crippen LogP contribution in [0.4, 0.5) is 0 Å². The Labute approximate surface area is 211 Å². The fraction of sp³-hybridized carbons (Fsp3) is 0.440. The van der Waals surface area contributed by atoms with Crippen LogP contribution in [0.2, 0.25) is 0 Å². The molecule has 10 nitrogen and oxygen atoms in total. The van der Waals surface area contributed by atoms with Gasteiger partial charge in [0.05, 0.1) is 17.1 Å². The number of sulfonamides is 1. The molecule has 0 N–H and O–H groups in total. The summed E-state index contributed by atoms with van der Waals surface area (Å²) in [5, 5.41) is 12.2. The van der Waals surface area contributed by atoms with E-state index in [9.17, 15) is 13.2 Å². The zero-order valence-corrected chi connectivity index (χ0v) is 21.3. The molecule has 190 valence electrons. The third-order valence-corrected chi connectivity index (χ3v) is 8.80. The van der Waals surface area contributed by atoms with Crippen LogP contribution in [-0.4, -0.2) is 87.9 Å². The summed E-state index contributed by atoms with van der Waals surface area (Å²) >= 11 is 0. The Morgan fingerprint density at radius 2 is 1.53 bits per heavy atom. The monoisotopic (exact) mass is 509 g/mol. The summed E-state index contributed by atoms with van der Waals surface area (Å²) in [5.74, 6) is 0.671. The summed E-state index contributed by atoms with van der Waals surface area (Å²) in [6.45, 7) is 6.32. The van der Waals surface area contributed by atoms with Gasteiger partial charge in [0, 0.05) is 44.8 Å². The molecule has 0 atom stereocenters. The SMILES string of the molecule is Cc1ccc(-n2nnnc2CN2CCN(C(=O)c3ccc(S(=O)(=O)N4CCCCC4)cc3)CC2)cc1. The van der Waals surface area contributed by atoms with E-state index in [1.54, 1.807) is 33.3 Å². The van der Waals surface area contributed by atoms with Crippen molar-refractivity contribution in [2.75, 3.05) is 39.3 Å². The minimum absolute atomic E-state index is 0.0824. The van der Waals surface area contributed by atoms with Gasteiger partial charge >= 0.3 is 0 Å². The van der Waals surface area contributed by atoms with Gasteiger partial charge in [-0.2, -0.15) is 8.99 Å². The van der Waals surface area contributed by atoms with Gasteiger partial charge in [0.2, 0.25) is 10.0 Å². The number of hydrogen-bond acceptors (Lipinski definition) is 7. The third-order valence-electron chi connectivity index (χ3n) is 6.89. The van der Waals surface area contributed by atoms with E-state index in [1.165, 1.54) is 5.56 Å². The number of aromatic nitrogens is 4. The molecular formula is C25H31N7O3S. The Morgan fingerprint density at radius 3 is 2.19 bits per heavy atom. The molecule has 36 heavy (non-hydrogen) atoms. The van der Waals surface area contributed by atoms with Gasteiger partial charge in [-0.25, -0.2) is 8.42 Å². The van der Waals surface area contributed by atoms with Crippen LogP contribution in [0.3, 0.4) is 0 Å². The lowest BCUT2D eigenvalue weighted by atomic mass is 10.2. The predicted octanol–water partition coefficient (Wildman–Crippen LogP) is 2.10. The van der Waals surface area contributed by atoms with Gasteiger partial charge in [-0.15, -0.1) is 5.10 Å². The van der Waals surface area contributed by atoms with Crippen molar-refractivity contribution in [3.63, 3.8) is 0 Å². The Kier molecular flexibility index (Phi) is 7.13. The van der Waals surface area contributed by atoms with Crippen LogP contribution in [0, 0.1) is 6.92 Å². The number of piperidine rings is 1. The summed E-state index contributed by atoms with van der Waals surface area (Å²) in [4.78, 5) is 17.4. The van der Waals surface area contributed by atoms with Crippen LogP contribution in [-0.2, 0) is 16.6 Å². The highest BCUT2D eigenvalue weighted by molar-refractivity contribution is 7.89. The molecule has 2 fully saturated rings. The minimum atomic E-state index is -3.50. The maximum atomic E-state index is 13.1. The van der Waals surface area contributed by atoms with Crippen molar-refractivity contribution in [2.45, 2.75) is 37.6 Å². The van der Waals surface area contributed by atoms with Crippen LogP contribution >= 0.6 is 0 Å². The topological polar surface area (TPSA) is 105 Å². The van der Waals surface area contributed by atoms with Gasteiger partial charge in [0.15, 0.2) is 5.82 Å². The molecule has 0 aliphatic carbocycles. The Hall–Kier alpha value is -3.15. The number of rotatable bonds is 6. The zero-order chi connectivity index (χ0) is 25.1. The van der Waals surface area contributed by atoms with Crippen molar-refractivity contribution in [3.8, 4) is 5.69 Å². The number of carbonyl (C=O) groups is 1. The molecular weight excluding hydrogens is 478 g/mol. The normalized spacial score (nSPS) is 17.9. The maximum absolute atomic E-state index is 13.1. The third kappa shape index (κ3) is 5.18. The summed E-state index contributed by atoms with van der Waals surface area (Å²) in [7, 11) is -3.50. The predicted molar refractivity (Wildman–Crippen MR) is 134 cm³/mol. The molecule has 2 aromatic carbocycles. The standard InChI is InChI=1S/C25H31N7O3S/c1-20-5-9-22(10-6-20)32-24(26-27-28-32)19-29-15-17-30(18-16-29)25(33)21-7-11-23(12-8-21)36(34,35)31-13-3-2-4-14-31/h5-12H,2-4,13-19H2,1H3. The van der Waals surface area contributed by atoms with Crippen molar-refractivity contribution in [1.29, 1.82) is 0 Å². The number of piperazine rings is 1. The summed E-state index contributed by atoms with van der Waals surface area (Å²) in [5.41, 5.74) is 2.59. The van der Waals surface area contributed by atoms with E-state index < -0.39 is 10.0 Å². The van der Waals surface area contributed by atoms with Gasteiger partial charge in [-0.1, -0.05) is 24.1 Å². The van der Waals surface area contributed by atoms with E-state index in [4.69, 9.17) is 0 Å². The second kappa shape index (κ2) is 10.5. The highest BCUT2D eigenvalue weighted by Gasteiger charge is 2.27. The van der Waals surface area contributed by atoms with Crippen LogP contribution in [0.5, 0.6) is 0 Å². The van der Waals surface area contributed by atoms with Crippen molar-refractivity contribution >= 4 is 15.9 Å². The first-order valence-corrected chi connectivity index (χ1v) is 13.8. The van der Waals surface area contributed by atoms with Crippen LogP contribution in [0.1, 0.15) is 41.0 Å². The summed E-state index contributed by atoms with van der Waals surface area (Å²) in [6.07, 6.45) is 2.85. The molecule has 1 aromatic heterocycles. The van der Waals surface area contributed by atoms with Crippen molar-refractivity contribution in [2.24, 2.45) is 0 Å². The van der Waals surface area contributed by atoms with E-state index in [1.807, 2.05) is 36.1 Å². The molecule has 0 unspecified atom stereocenters. The van der Waals surface area contributed by atoms with Gasteiger partial charge in [0.25, 0.3) is 5.91 Å². The molecule has 2 saturated heterocycles. The zero-order valence-electron chi connectivity index (χ0n) is 20.5. The quantitative estimate of drug-likeness (QED) is 0.501. The van der Waals surface area contributed by atoms with Crippen LogP contribution in [0.15, 0.2) is 53.4 Å². The number of benzene rings is 2. The molecule has 2 aliphatic heterocycles. The first kappa shape index (κ1) is 24.5. The minimum Gasteiger partial charge on any atom is -0.336 e. The number of nitrogens with zero attached hydrogens (tertiary/aromatic N) is 7. The van der Waals surface area contributed by atoms with Gasteiger partial charge < -0.3 is 4.90 Å². The van der Waals surface area contributed by atoms with Gasteiger partial charge in [0.1, 0.15) is 0 Å². The molecule has 0 saturated carbocycles. The average Bonchev–Trinajstić information content (AvgIpc) is 3.38. The van der Waals surface area contributed by atoms with Crippen LogP contribution < -0.4 is 0 Å². The van der Waals surface area contributed by atoms with E-state index in [0.29, 0.717) is 51.4 Å².